The van der Waals surface area contributed by atoms with Crippen molar-refractivity contribution >= 4 is 0 Å². The third-order valence-electron chi connectivity index (χ3n) is 3.59. The summed E-state index contributed by atoms with van der Waals surface area (Å²) in [4.78, 5) is 6.72. The van der Waals surface area contributed by atoms with Gasteiger partial charge in [-0.25, -0.2) is 0 Å². The van der Waals surface area contributed by atoms with Crippen molar-refractivity contribution in [2.75, 3.05) is 40.4 Å². The predicted octanol–water partition coefficient (Wildman–Crippen LogP) is 0.790. The second kappa shape index (κ2) is 6.83. The molecule has 0 bridgehead atoms. The van der Waals surface area contributed by atoms with Crippen LogP contribution in [0.5, 0.6) is 0 Å². The molecule has 1 saturated heterocycles. The van der Waals surface area contributed by atoms with Gasteiger partial charge in [-0.3, -0.25) is 4.98 Å². The molecule has 0 radical (unpaired) electrons. The smallest absolute Gasteiger partial charge is 0.0623 e. The topological polar surface area (TPSA) is 37.4 Å². The minimum Gasteiger partial charge on any atom is -0.379 e. The van der Waals surface area contributed by atoms with Crippen LogP contribution in [0.2, 0.25) is 0 Å². The zero-order chi connectivity index (χ0) is 12.8. The standard InChI is InChI=1S/C14H23N3O/c1-15-14-11-18-10-12(14)9-17(2)8-6-13-5-3-4-7-16-13/h3-5,7,12,14-15H,6,8-11H2,1-2H3. The van der Waals surface area contributed by atoms with E-state index >= 15 is 0 Å². The number of rotatable bonds is 6. The van der Waals surface area contributed by atoms with Gasteiger partial charge in [0.15, 0.2) is 0 Å². The molecule has 2 atom stereocenters. The van der Waals surface area contributed by atoms with E-state index in [0.29, 0.717) is 12.0 Å². The lowest BCUT2D eigenvalue weighted by Crippen LogP contribution is -2.39. The van der Waals surface area contributed by atoms with Crippen molar-refractivity contribution in [3.8, 4) is 0 Å². The van der Waals surface area contributed by atoms with Gasteiger partial charge in [0, 0.05) is 43.4 Å². The molecule has 2 rings (SSSR count). The summed E-state index contributed by atoms with van der Waals surface area (Å²) in [6, 6.07) is 6.59. The number of hydrogen-bond donors (Lipinski definition) is 1. The summed E-state index contributed by atoms with van der Waals surface area (Å²) in [7, 11) is 4.19. The third-order valence-corrected chi connectivity index (χ3v) is 3.59. The quantitative estimate of drug-likeness (QED) is 0.809. The lowest BCUT2D eigenvalue weighted by Gasteiger charge is -2.23. The molecule has 4 nitrogen and oxygen atoms in total. The van der Waals surface area contributed by atoms with Crippen LogP contribution in [0.1, 0.15) is 5.69 Å². The molecule has 0 aromatic carbocycles. The molecule has 1 aliphatic rings. The second-order valence-electron chi connectivity index (χ2n) is 5.03. The van der Waals surface area contributed by atoms with Gasteiger partial charge in [-0.1, -0.05) is 6.07 Å². The SMILES string of the molecule is CNC1COCC1CN(C)CCc1ccccn1. The first-order chi connectivity index (χ1) is 8.79. The van der Waals surface area contributed by atoms with Gasteiger partial charge >= 0.3 is 0 Å². The van der Waals surface area contributed by atoms with E-state index in [-0.39, 0.29) is 0 Å². The molecule has 1 N–H and O–H groups in total. The van der Waals surface area contributed by atoms with Crippen molar-refractivity contribution in [2.24, 2.45) is 5.92 Å². The molecule has 0 spiro atoms. The maximum atomic E-state index is 5.52. The Labute approximate surface area is 109 Å². The summed E-state index contributed by atoms with van der Waals surface area (Å²) in [6.07, 6.45) is 2.87. The van der Waals surface area contributed by atoms with Crippen LogP contribution in [-0.4, -0.2) is 56.3 Å². The zero-order valence-corrected chi connectivity index (χ0v) is 11.3. The molecule has 1 aromatic heterocycles. The van der Waals surface area contributed by atoms with Crippen molar-refractivity contribution in [1.29, 1.82) is 0 Å². The Hall–Kier alpha value is -0.970. The first-order valence-electron chi connectivity index (χ1n) is 6.63. The van der Waals surface area contributed by atoms with Crippen molar-refractivity contribution < 1.29 is 4.74 Å². The highest BCUT2D eigenvalue weighted by molar-refractivity contribution is 5.03. The van der Waals surface area contributed by atoms with Gasteiger partial charge in [0.2, 0.25) is 0 Å². The number of nitrogens with zero attached hydrogens (tertiary/aromatic N) is 2. The van der Waals surface area contributed by atoms with Gasteiger partial charge in [-0.2, -0.15) is 0 Å². The van der Waals surface area contributed by atoms with E-state index in [9.17, 15) is 0 Å². The normalized spacial score (nSPS) is 23.7. The summed E-state index contributed by atoms with van der Waals surface area (Å²) >= 11 is 0. The van der Waals surface area contributed by atoms with E-state index in [4.69, 9.17) is 4.74 Å². The van der Waals surface area contributed by atoms with Crippen LogP contribution < -0.4 is 5.32 Å². The highest BCUT2D eigenvalue weighted by atomic mass is 16.5. The van der Waals surface area contributed by atoms with Gasteiger partial charge in [-0.05, 0) is 26.2 Å². The first-order valence-corrected chi connectivity index (χ1v) is 6.63. The summed E-state index contributed by atoms with van der Waals surface area (Å²) in [5, 5.41) is 3.33. The molecule has 0 aliphatic carbocycles. The van der Waals surface area contributed by atoms with E-state index in [1.807, 2.05) is 25.4 Å². The van der Waals surface area contributed by atoms with Crippen molar-refractivity contribution in [2.45, 2.75) is 12.5 Å². The molecular weight excluding hydrogens is 226 g/mol. The second-order valence-corrected chi connectivity index (χ2v) is 5.03. The highest BCUT2D eigenvalue weighted by Gasteiger charge is 2.27. The third kappa shape index (κ3) is 3.77. The van der Waals surface area contributed by atoms with E-state index in [1.54, 1.807) is 0 Å². The summed E-state index contributed by atoms with van der Waals surface area (Å²) in [6.45, 7) is 3.84. The minimum atomic E-state index is 0.502. The van der Waals surface area contributed by atoms with Gasteiger partial charge in [0.1, 0.15) is 0 Å². The monoisotopic (exact) mass is 249 g/mol. The van der Waals surface area contributed by atoms with Crippen LogP contribution >= 0.6 is 0 Å². The number of ether oxygens (including phenoxy) is 1. The molecule has 2 unspecified atom stereocenters. The zero-order valence-electron chi connectivity index (χ0n) is 11.3. The molecular formula is C14H23N3O. The lowest BCUT2D eigenvalue weighted by molar-refractivity contribution is 0.173. The summed E-state index contributed by atoms with van der Waals surface area (Å²) in [5.41, 5.74) is 1.16. The van der Waals surface area contributed by atoms with Gasteiger partial charge < -0.3 is 15.0 Å². The molecule has 100 valence electrons. The molecule has 0 amide bonds. The Bertz CT molecular complexity index is 344. The average Bonchev–Trinajstić information content (AvgIpc) is 2.85. The highest BCUT2D eigenvalue weighted by Crippen LogP contribution is 2.14. The number of aromatic nitrogens is 1. The minimum absolute atomic E-state index is 0.502. The maximum absolute atomic E-state index is 5.52. The van der Waals surface area contributed by atoms with Crippen LogP contribution in [0.15, 0.2) is 24.4 Å². The Balaban J connectivity index is 1.73. The first kappa shape index (κ1) is 13.5. The Morgan fingerprint density at radius 2 is 2.33 bits per heavy atom. The Morgan fingerprint density at radius 3 is 3.06 bits per heavy atom. The van der Waals surface area contributed by atoms with Crippen LogP contribution in [0.25, 0.3) is 0 Å². The molecule has 1 aliphatic heterocycles. The number of nitrogens with one attached hydrogen (secondary N) is 1. The molecule has 2 heterocycles. The fraction of sp³-hybridized carbons (Fsp3) is 0.643. The van der Waals surface area contributed by atoms with Crippen molar-refractivity contribution in [3.63, 3.8) is 0 Å². The van der Waals surface area contributed by atoms with Gasteiger partial charge in [-0.15, -0.1) is 0 Å². The fourth-order valence-corrected chi connectivity index (χ4v) is 2.44. The van der Waals surface area contributed by atoms with Crippen LogP contribution in [-0.2, 0) is 11.2 Å². The molecule has 0 saturated carbocycles. The molecule has 18 heavy (non-hydrogen) atoms. The van der Waals surface area contributed by atoms with Crippen LogP contribution in [0, 0.1) is 5.92 Å². The van der Waals surface area contributed by atoms with E-state index in [0.717, 1.165) is 38.4 Å². The van der Waals surface area contributed by atoms with Crippen LogP contribution in [0.3, 0.4) is 0 Å². The number of hydrogen-bond acceptors (Lipinski definition) is 4. The Kier molecular flexibility index (Phi) is 5.11. The summed E-state index contributed by atoms with van der Waals surface area (Å²) < 4.78 is 5.52. The number of pyridine rings is 1. The fourth-order valence-electron chi connectivity index (χ4n) is 2.44. The molecule has 1 aromatic rings. The largest absolute Gasteiger partial charge is 0.379 e. The molecule has 4 heteroatoms. The lowest BCUT2D eigenvalue weighted by atomic mass is 10.0. The summed E-state index contributed by atoms with van der Waals surface area (Å²) in [5.74, 6) is 0.601. The van der Waals surface area contributed by atoms with Gasteiger partial charge in [0.05, 0.1) is 13.2 Å². The van der Waals surface area contributed by atoms with Crippen molar-refractivity contribution in [3.05, 3.63) is 30.1 Å². The Morgan fingerprint density at radius 1 is 1.44 bits per heavy atom. The van der Waals surface area contributed by atoms with Gasteiger partial charge in [0.25, 0.3) is 0 Å². The average molecular weight is 249 g/mol. The van der Waals surface area contributed by atoms with E-state index < -0.39 is 0 Å². The van der Waals surface area contributed by atoms with Crippen molar-refractivity contribution in [1.82, 2.24) is 15.2 Å². The van der Waals surface area contributed by atoms with E-state index in [1.165, 1.54) is 0 Å². The molecule has 1 fully saturated rings. The number of likely N-dealkylation sites (N-methyl/N-ethyl adjacent to an activating group) is 2. The predicted molar refractivity (Wildman–Crippen MR) is 72.6 cm³/mol. The maximum Gasteiger partial charge on any atom is 0.0623 e. The van der Waals surface area contributed by atoms with Crippen LogP contribution in [0.4, 0.5) is 0 Å². The van der Waals surface area contributed by atoms with E-state index in [2.05, 4.69) is 28.3 Å².